The van der Waals surface area contributed by atoms with E-state index in [0.717, 1.165) is 25.2 Å². The second-order valence-electron chi connectivity index (χ2n) is 6.23. The predicted octanol–water partition coefficient (Wildman–Crippen LogP) is 3.48. The molecule has 5 heteroatoms. The van der Waals surface area contributed by atoms with Crippen LogP contribution in [0.3, 0.4) is 0 Å². The molecule has 118 valence electrons. The molecule has 1 fully saturated rings. The fourth-order valence-corrected chi connectivity index (χ4v) is 2.87. The molecule has 1 saturated heterocycles. The quantitative estimate of drug-likeness (QED) is 0.924. The summed E-state index contributed by atoms with van der Waals surface area (Å²) < 4.78 is 38.1. The Morgan fingerprint density at radius 3 is 2.38 bits per heavy atom. The normalized spacial score (nSPS) is 20.0. The molecule has 2 nitrogen and oxygen atoms in total. The minimum absolute atomic E-state index is 0.281. The summed E-state index contributed by atoms with van der Waals surface area (Å²) in [6, 6.07) is 5.71. The first-order valence-corrected chi connectivity index (χ1v) is 7.32. The molecule has 1 aliphatic rings. The van der Waals surface area contributed by atoms with Crippen molar-refractivity contribution in [2.75, 3.05) is 13.1 Å². The number of alkyl halides is 3. The van der Waals surface area contributed by atoms with E-state index in [1.54, 1.807) is 6.07 Å². The molecule has 2 rings (SSSR count). The second kappa shape index (κ2) is 5.97. The molecular weight excluding hydrogens is 279 g/mol. The van der Waals surface area contributed by atoms with Gasteiger partial charge >= 0.3 is 6.18 Å². The molecule has 0 atom stereocenters. The number of rotatable bonds is 3. The van der Waals surface area contributed by atoms with Gasteiger partial charge in [-0.25, -0.2) is 0 Å². The van der Waals surface area contributed by atoms with Crippen molar-refractivity contribution < 1.29 is 18.3 Å². The zero-order chi connectivity index (χ0) is 15.7. The number of piperidine rings is 1. The SMILES string of the molecule is CC(C)N1CCC(O)(Cc2cccc(C(F)(F)F)c2)CC1. The van der Waals surface area contributed by atoms with Gasteiger partial charge < -0.3 is 10.0 Å². The highest BCUT2D eigenvalue weighted by atomic mass is 19.4. The molecule has 0 spiro atoms. The maximum Gasteiger partial charge on any atom is 0.416 e. The van der Waals surface area contributed by atoms with E-state index in [2.05, 4.69) is 18.7 Å². The van der Waals surface area contributed by atoms with E-state index in [0.29, 0.717) is 24.4 Å². The molecule has 0 bridgehead atoms. The molecule has 0 unspecified atom stereocenters. The summed E-state index contributed by atoms with van der Waals surface area (Å²) in [5, 5.41) is 10.6. The van der Waals surface area contributed by atoms with E-state index in [1.165, 1.54) is 6.07 Å². The Labute approximate surface area is 123 Å². The number of nitrogens with zero attached hydrogens (tertiary/aromatic N) is 1. The van der Waals surface area contributed by atoms with E-state index in [1.807, 2.05) is 0 Å². The Kier molecular flexibility index (Phi) is 4.63. The standard InChI is InChI=1S/C16H22F3NO/c1-12(2)20-8-6-15(21,7-9-20)11-13-4-3-5-14(10-13)16(17,18)19/h3-5,10,12,21H,6-9,11H2,1-2H3. The van der Waals surface area contributed by atoms with Crippen molar-refractivity contribution in [1.82, 2.24) is 4.90 Å². The van der Waals surface area contributed by atoms with Gasteiger partial charge in [0.1, 0.15) is 0 Å². The first kappa shape index (κ1) is 16.3. The van der Waals surface area contributed by atoms with Crippen molar-refractivity contribution in [1.29, 1.82) is 0 Å². The number of hydrogen-bond donors (Lipinski definition) is 1. The average molecular weight is 301 g/mol. The molecular formula is C16H22F3NO. The van der Waals surface area contributed by atoms with Gasteiger partial charge in [-0.3, -0.25) is 0 Å². The van der Waals surface area contributed by atoms with E-state index >= 15 is 0 Å². The molecule has 0 amide bonds. The highest BCUT2D eigenvalue weighted by molar-refractivity contribution is 5.27. The molecule has 1 heterocycles. The van der Waals surface area contributed by atoms with Crippen molar-refractivity contribution in [3.63, 3.8) is 0 Å². The first-order chi connectivity index (χ1) is 9.70. The molecule has 21 heavy (non-hydrogen) atoms. The van der Waals surface area contributed by atoms with Crippen LogP contribution in [0.4, 0.5) is 13.2 Å². The van der Waals surface area contributed by atoms with Crippen LogP contribution in [0, 0.1) is 0 Å². The molecule has 1 aliphatic heterocycles. The third-order valence-electron chi connectivity index (χ3n) is 4.25. The average Bonchev–Trinajstić information content (AvgIpc) is 2.38. The van der Waals surface area contributed by atoms with Crippen molar-refractivity contribution in [3.8, 4) is 0 Å². The van der Waals surface area contributed by atoms with Gasteiger partial charge in [-0.05, 0) is 38.3 Å². The van der Waals surface area contributed by atoms with E-state index in [4.69, 9.17) is 0 Å². The van der Waals surface area contributed by atoms with Gasteiger partial charge in [0.15, 0.2) is 0 Å². The van der Waals surface area contributed by atoms with Crippen LogP contribution in [0.5, 0.6) is 0 Å². The third-order valence-corrected chi connectivity index (χ3v) is 4.25. The molecule has 1 aromatic rings. The maximum atomic E-state index is 12.7. The summed E-state index contributed by atoms with van der Waals surface area (Å²) in [6.07, 6.45) is -2.86. The largest absolute Gasteiger partial charge is 0.416 e. The topological polar surface area (TPSA) is 23.5 Å². The lowest BCUT2D eigenvalue weighted by Gasteiger charge is -2.40. The lowest BCUT2D eigenvalue weighted by atomic mass is 9.84. The van der Waals surface area contributed by atoms with Crippen LogP contribution in [-0.2, 0) is 12.6 Å². The number of halogens is 3. The molecule has 0 radical (unpaired) electrons. The fourth-order valence-electron chi connectivity index (χ4n) is 2.87. The summed E-state index contributed by atoms with van der Waals surface area (Å²) in [4.78, 5) is 2.28. The molecule has 0 aromatic heterocycles. The lowest BCUT2D eigenvalue weighted by Crippen LogP contribution is -2.47. The van der Waals surface area contributed by atoms with Gasteiger partial charge in [0.05, 0.1) is 11.2 Å². The van der Waals surface area contributed by atoms with Crippen molar-refractivity contribution in [2.45, 2.75) is 50.9 Å². The van der Waals surface area contributed by atoms with Gasteiger partial charge in [-0.15, -0.1) is 0 Å². The van der Waals surface area contributed by atoms with Gasteiger partial charge in [0, 0.05) is 25.6 Å². The van der Waals surface area contributed by atoms with Crippen LogP contribution in [0.1, 0.15) is 37.8 Å². The van der Waals surface area contributed by atoms with Gasteiger partial charge in [-0.1, -0.05) is 18.2 Å². The minimum Gasteiger partial charge on any atom is -0.389 e. The Morgan fingerprint density at radius 2 is 1.86 bits per heavy atom. The first-order valence-electron chi connectivity index (χ1n) is 7.32. The molecule has 0 aliphatic carbocycles. The van der Waals surface area contributed by atoms with Crippen LogP contribution >= 0.6 is 0 Å². The number of aliphatic hydroxyl groups is 1. The van der Waals surface area contributed by atoms with Crippen LogP contribution < -0.4 is 0 Å². The monoisotopic (exact) mass is 301 g/mol. The van der Waals surface area contributed by atoms with Crippen LogP contribution in [0.25, 0.3) is 0 Å². The van der Waals surface area contributed by atoms with Gasteiger partial charge in [0.25, 0.3) is 0 Å². The zero-order valence-electron chi connectivity index (χ0n) is 12.5. The van der Waals surface area contributed by atoms with Crippen LogP contribution in [0.15, 0.2) is 24.3 Å². The lowest BCUT2D eigenvalue weighted by molar-refractivity contribution is -0.137. The Hall–Kier alpha value is -1.07. The summed E-state index contributed by atoms with van der Waals surface area (Å²) in [7, 11) is 0. The minimum atomic E-state index is -4.33. The van der Waals surface area contributed by atoms with Gasteiger partial charge in [-0.2, -0.15) is 13.2 Å². The second-order valence-corrected chi connectivity index (χ2v) is 6.23. The highest BCUT2D eigenvalue weighted by Gasteiger charge is 2.34. The highest BCUT2D eigenvalue weighted by Crippen LogP contribution is 2.32. The van der Waals surface area contributed by atoms with Gasteiger partial charge in [0.2, 0.25) is 0 Å². The van der Waals surface area contributed by atoms with Crippen LogP contribution in [0.2, 0.25) is 0 Å². The van der Waals surface area contributed by atoms with E-state index < -0.39 is 17.3 Å². The summed E-state index contributed by atoms with van der Waals surface area (Å²) in [5.41, 5.74) is -0.996. The number of hydrogen-bond acceptors (Lipinski definition) is 2. The smallest absolute Gasteiger partial charge is 0.389 e. The molecule has 1 N–H and O–H groups in total. The Bertz CT molecular complexity index is 477. The van der Waals surface area contributed by atoms with Crippen molar-refractivity contribution in [2.24, 2.45) is 0 Å². The summed E-state index contributed by atoms with van der Waals surface area (Å²) in [5.74, 6) is 0. The third kappa shape index (κ3) is 4.20. The molecule has 1 aromatic carbocycles. The predicted molar refractivity (Wildman–Crippen MR) is 76.0 cm³/mol. The van der Waals surface area contributed by atoms with Crippen LogP contribution in [-0.4, -0.2) is 34.7 Å². The summed E-state index contributed by atoms with van der Waals surface area (Å²) >= 11 is 0. The van der Waals surface area contributed by atoms with E-state index in [9.17, 15) is 18.3 Å². The molecule has 0 saturated carbocycles. The van der Waals surface area contributed by atoms with Crippen molar-refractivity contribution >= 4 is 0 Å². The Morgan fingerprint density at radius 1 is 1.24 bits per heavy atom. The number of benzene rings is 1. The fraction of sp³-hybridized carbons (Fsp3) is 0.625. The number of likely N-dealkylation sites (tertiary alicyclic amines) is 1. The zero-order valence-corrected chi connectivity index (χ0v) is 12.5. The van der Waals surface area contributed by atoms with E-state index in [-0.39, 0.29) is 6.42 Å². The summed E-state index contributed by atoms with van der Waals surface area (Å²) in [6.45, 7) is 5.79. The maximum absolute atomic E-state index is 12.7. The Balaban J connectivity index is 2.05. The van der Waals surface area contributed by atoms with Crippen molar-refractivity contribution in [3.05, 3.63) is 35.4 Å².